The van der Waals surface area contributed by atoms with Gasteiger partial charge in [-0.05, 0) is 49.2 Å². The molecule has 10 heteroatoms. The lowest BCUT2D eigenvalue weighted by atomic mass is 9.97. The molecule has 3 aromatic rings. The van der Waals surface area contributed by atoms with Crippen molar-refractivity contribution >= 4 is 21.6 Å². The van der Waals surface area contributed by atoms with E-state index in [2.05, 4.69) is 10.4 Å². The van der Waals surface area contributed by atoms with Crippen molar-refractivity contribution in [3.8, 4) is 5.69 Å². The zero-order chi connectivity index (χ0) is 22.0. The van der Waals surface area contributed by atoms with Crippen LogP contribution in [0.4, 0.5) is 14.5 Å². The van der Waals surface area contributed by atoms with Crippen LogP contribution in [0.2, 0.25) is 0 Å². The van der Waals surface area contributed by atoms with Crippen LogP contribution in [0.25, 0.3) is 5.69 Å². The minimum Gasteiger partial charge on any atom is -0.324 e. The van der Waals surface area contributed by atoms with Gasteiger partial charge in [0.15, 0.2) is 0 Å². The zero-order valence-electron chi connectivity index (χ0n) is 16.4. The summed E-state index contributed by atoms with van der Waals surface area (Å²) in [6, 6.07) is 11.3. The Kier molecular flexibility index (Phi) is 5.84. The molecule has 2 heterocycles. The molecule has 0 saturated carbocycles. The van der Waals surface area contributed by atoms with E-state index in [1.165, 1.54) is 0 Å². The number of carbonyl (C=O) groups excluding carboxylic acids is 1. The Morgan fingerprint density at radius 1 is 1.06 bits per heavy atom. The first-order valence-electron chi connectivity index (χ1n) is 9.71. The average Bonchev–Trinajstić information content (AvgIpc) is 3.30. The van der Waals surface area contributed by atoms with Crippen molar-refractivity contribution in [3.05, 3.63) is 72.6 Å². The molecule has 1 amide bonds. The molecule has 0 bridgehead atoms. The maximum Gasteiger partial charge on any atom is 0.246 e. The van der Waals surface area contributed by atoms with Gasteiger partial charge < -0.3 is 5.32 Å². The summed E-state index contributed by atoms with van der Waals surface area (Å²) in [5, 5.41) is 7.07. The molecule has 162 valence electrons. The van der Waals surface area contributed by atoms with E-state index >= 15 is 0 Å². The highest BCUT2D eigenvalue weighted by Crippen LogP contribution is 2.27. The molecule has 0 radical (unpaired) electrons. The Morgan fingerprint density at radius 3 is 2.52 bits per heavy atom. The smallest absolute Gasteiger partial charge is 0.246 e. The van der Waals surface area contributed by atoms with E-state index < -0.39 is 32.5 Å². The van der Waals surface area contributed by atoms with Crippen LogP contribution in [0.15, 0.2) is 65.8 Å². The Hall–Kier alpha value is -3.11. The molecular weight excluding hydrogens is 426 g/mol. The molecule has 0 spiro atoms. The fourth-order valence-corrected chi connectivity index (χ4v) is 5.14. The van der Waals surface area contributed by atoms with Gasteiger partial charge in [0.2, 0.25) is 15.9 Å². The Bertz CT molecular complexity index is 1190. The van der Waals surface area contributed by atoms with E-state index in [1.54, 1.807) is 35.3 Å². The quantitative estimate of drug-likeness (QED) is 0.653. The Balaban J connectivity index is 1.44. The van der Waals surface area contributed by atoms with Gasteiger partial charge >= 0.3 is 0 Å². The maximum atomic E-state index is 14.0. The molecule has 4 rings (SSSR count). The third-order valence-electron chi connectivity index (χ3n) is 5.25. The van der Waals surface area contributed by atoms with Crippen LogP contribution in [-0.2, 0) is 14.8 Å². The van der Waals surface area contributed by atoms with Gasteiger partial charge in [0.25, 0.3) is 0 Å². The highest BCUT2D eigenvalue weighted by Gasteiger charge is 2.34. The Morgan fingerprint density at radius 2 is 1.81 bits per heavy atom. The zero-order valence-corrected chi connectivity index (χ0v) is 17.2. The fraction of sp³-hybridized carbons (Fsp3) is 0.238. The van der Waals surface area contributed by atoms with Gasteiger partial charge in [-0.25, -0.2) is 21.9 Å². The molecule has 0 atom stereocenters. The lowest BCUT2D eigenvalue weighted by Crippen LogP contribution is -2.41. The van der Waals surface area contributed by atoms with Gasteiger partial charge in [-0.1, -0.05) is 12.1 Å². The van der Waals surface area contributed by atoms with Gasteiger partial charge in [0.1, 0.15) is 16.5 Å². The van der Waals surface area contributed by atoms with Crippen molar-refractivity contribution < 1.29 is 22.0 Å². The van der Waals surface area contributed by atoms with Crippen LogP contribution in [0.5, 0.6) is 0 Å². The van der Waals surface area contributed by atoms with Crippen molar-refractivity contribution in [3.63, 3.8) is 0 Å². The lowest BCUT2D eigenvalue weighted by molar-refractivity contribution is -0.120. The third kappa shape index (κ3) is 4.35. The first kappa shape index (κ1) is 21.1. The van der Waals surface area contributed by atoms with Crippen molar-refractivity contribution in [2.75, 3.05) is 18.4 Å². The summed E-state index contributed by atoms with van der Waals surface area (Å²) in [6.07, 6.45) is 3.94. The topological polar surface area (TPSA) is 84.3 Å². The van der Waals surface area contributed by atoms with Gasteiger partial charge in [-0.15, -0.1) is 0 Å². The van der Waals surface area contributed by atoms with Crippen LogP contribution in [0, 0.1) is 17.6 Å². The van der Waals surface area contributed by atoms with Crippen molar-refractivity contribution in [1.29, 1.82) is 0 Å². The molecule has 2 aromatic carbocycles. The summed E-state index contributed by atoms with van der Waals surface area (Å²) in [5.41, 5.74) is 1.30. The molecule has 1 N–H and O–H groups in total. The fourth-order valence-electron chi connectivity index (χ4n) is 3.60. The van der Waals surface area contributed by atoms with Crippen LogP contribution in [0.3, 0.4) is 0 Å². The molecule has 0 unspecified atom stereocenters. The number of nitrogens with zero attached hydrogens (tertiary/aromatic N) is 3. The first-order chi connectivity index (χ1) is 14.9. The number of piperidine rings is 1. The number of carbonyl (C=O) groups is 1. The number of hydrogen-bond acceptors (Lipinski definition) is 4. The number of amides is 1. The number of benzene rings is 2. The van der Waals surface area contributed by atoms with Gasteiger partial charge in [0.05, 0.1) is 11.4 Å². The predicted molar refractivity (Wildman–Crippen MR) is 110 cm³/mol. The highest BCUT2D eigenvalue weighted by atomic mass is 32.2. The number of hydrogen-bond donors (Lipinski definition) is 1. The second-order valence-electron chi connectivity index (χ2n) is 7.21. The van der Waals surface area contributed by atoms with E-state index in [-0.39, 0.29) is 31.8 Å². The van der Waals surface area contributed by atoms with Gasteiger partial charge in [0, 0.05) is 31.4 Å². The van der Waals surface area contributed by atoms with Crippen LogP contribution < -0.4 is 5.32 Å². The SMILES string of the molecule is O=C(Nc1ccccc1-n1cccn1)C1CCN(S(=O)(=O)c2cc(F)ccc2F)CC1. The van der Waals surface area contributed by atoms with E-state index in [9.17, 15) is 22.0 Å². The minimum atomic E-state index is -4.18. The largest absolute Gasteiger partial charge is 0.324 e. The van der Waals surface area contributed by atoms with Gasteiger partial charge in [-0.3, -0.25) is 4.79 Å². The minimum absolute atomic E-state index is 0.0389. The standard InChI is InChI=1S/C21H20F2N4O3S/c22-16-6-7-17(23)20(14-16)31(29,30)26-12-8-15(9-13-26)21(28)25-18-4-1-2-5-19(18)27-11-3-10-24-27/h1-7,10-11,14-15H,8-9,12-13H2,(H,25,28). The lowest BCUT2D eigenvalue weighted by Gasteiger charge is -2.30. The maximum absolute atomic E-state index is 14.0. The Labute approximate surface area is 178 Å². The summed E-state index contributed by atoms with van der Waals surface area (Å²) < 4.78 is 55.6. The van der Waals surface area contributed by atoms with E-state index in [0.29, 0.717) is 17.4 Å². The molecule has 1 fully saturated rings. The van der Waals surface area contributed by atoms with Crippen LogP contribution >= 0.6 is 0 Å². The normalized spacial score (nSPS) is 15.7. The molecule has 0 aliphatic carbocycles. The van der Waals surface area contributed by atoms with Crippen molar-refractivity contribution in [2.24, 2.45) is 5.92 Å². The monoisotopic (exact) mass is 446 g/mol. The molecule has 31 heavy (non-hydrogen) atoms. The number of aromatic nitrogens is 2. The van der Waals surface area contributed by atoms with E-state index in [4.69, 9.17) is 0 Å². The molecule has 7 nitrogen and oxygen atoms in total. The number of para-hydroxylation sites is 2. The number of anilines is 1. The summed E-state index contributed by atoms with van der Waals surface area (Å²) in [5.74, 6) is -2.47. The number of nitrogens with one attached hydrogen (secondary N) is 1. The molecular formula is C21H20F2N4O3S. The van der Waals surface area contributed by atoms with E-state index in [1.807, 2.05) is 12.1 Å². The third-order valence-corrected chi connectivity index (χ3v) is 7.16. The van der Waals surface area contributed by atoms with Crippen LogP contribution in [0.1, 0.15) is 12.8 Å². The summed E-state index contributed by atoms with van der Waals surface area (Å²) in [7, 11) is -4.18. The number of halogens is 2. The van der Waals surface area contributed by atoms with Crippen molar-refractivity contribution in [1.82, 2.24) is 14.1 Å². The van der Waals surface area contributed by atoms with E-state index in [0.717, 1.165) is 16.4 Å². The number of rotatable bonds is 5. The summed E-state index contributed by atoms with van der Waals surface area (Å²) in [4.78, 5) is 12.1. The predicted octanol–water partition coefficient (Wildman–Crippen LogP) is 3.19. The average molecular weight is 446 g/mol. The van der Waals surface area contributed by atoms with Crippen LogP contribution in [-0.4, -0.2) is 41.5 Å². The summed E-state index contributed by atoms with van der Waals surface area (Å²) in [6.45, 7) is 0.0777. The second-order valence-corrected chi connectivity index (χ2v) is 9.12. The van der Waals surface area contributed by atoms with Crippen molar-refractivity contribution in [2.45, 2.75) is 17.7 Å². The second kappa shape index (κ2) is 8.56. The summed E-state index contributed by atoms with van der Waals surface area (Å²) >= 11 is 0. The molecule has 1 aromatic heterocycles. The molecule has 1 aliphatic rings. The first-order valence-corrected chi connectivity index (χ1v) is 11.2. The molecule has 1 saturated heterocycles. The highest BCUT2D eigenvalue weighted by molar-refractivity contribution is 7.89. The van der Waals surface area contributed by atoms with Gasteiger partial charge in [-0.2, -0.15) is 9.40 Å². The molecule has 1 aliphatic heterocycles. The number of sulfonamides is 1.